The molecule has 3 aliphatic rings. The molecule has 8 nitrogen and oxygen atoms in total. The predicted octanol–water partition coefficient (Wildman–Crippen LogP) is 5.84. The molecule has 3 saturated heterocycles. The van der Waals surface area contributed by atoms with Crippen LogP contribution in [-0.4, -0.2) is 73.0 Å². The van der Waals surface area contributed by atoms with E-state index in [0.29, 0.717) is 44.8 Å². The van der Waals surface area contributed by atoms with Gasteiger partial charge in [-0.05, 0) is 45.2 Å². The monoisotopic (exact) mass is 553 g/mol. The molecule has 40 heavy (non-hydrogen) atoms. The van der Waals surface area contributed by atoms with Crippen molar-refractivity contribution in [2.45, 2.75) is 64.8 Å². The Hall–Kier alpha value is -3.49. The second-order valence-corrected chi connectivity index (χ2v) is 12.3. The van der Waals surface area contributed by atoms with Crippen molar-refractivity contribution in [3.63, 3.8) is 0 Å². The van der Waals surface area contributed by atoms with Crippen LogP contribution in [0, 0.1) is 11.2 Å². The van der Waals surface area contributed by atoms with Gasteiger partial charge in [0.2, 0.25) is 0 Å². The summed E-state index contributed by atoms with van der Waals surface area (Å²) in [6.07, 6.45) is 2.54. The third-order valence-corrected chi connectivity index (χ3v) is 7.96. The van der Waals surface area contributed by atoms with Crippen LogP contribution in [-0.2, 0) is 16.1 Å². The highest BCUT2D eigenvalue weighted by atomic mass is 19.1. The molecule has 3 aliphatic heterocycles. The molecule has 0 saturated carbocycles. The summed E-state index contributed by atoms with van der Waals surface area (Å²) < 4.78 is 31.7. The number of nitrogens with zero attached hydrogens (tertiary/aromatic N) is 3. The fourth-order valence-corrected chi connectivity index (χ4v) is 5.73. The molecule has 1 spiro atoms. The van der Waals surface area contributed by atoms with E-state index in [0.717, 1.165) is 37.2 Å². The van der Waals surface area contributed by atoms with Crippen molar-refractivity contribution in [1.29, 1.82) is 0 Å². The first-order valence-electron chi connectivity index (χ1n) is 14.2. The number of ether oxygens (including phenoxy) is 3. The minimum atomic E-state index is -0.494. The molecule has 2 aromatic rings. The quantitative estimate of drug-likeness (QED) is 0.463. The third kappa shape index (κ3) is 6.98. The zero-order chi connectivity index (χ0) is 28.3. The highest BCUT2D eigenvalue weighted by molar-refractivity contribution is 5.69. The molecule has 9 heteroatoms. The number of likely N-dealkylation sites (tertiary alicyclic amines) is 2. The van der Waals surface area contributed by atoms with E-state index in [-0.39, 0.29) is 36.1 Å². The molecule has 216 valence electrons. The fourth-order valence-electron chi connectivity index (χ4n) is 5.73. The maximum atomic E-state index is 14.6. The van der Waals surface area contributed by atoms with Crippen LogP contribution in [0.4, 0.5) is 19.7 Å². The van der Waals surface area contributed by atoms with E-state index in [4.69, 9.17) is 14.2 Å². The standard InChI is InChI=1S/C31H40FN3O5/c1-30(2,3)40-29(37)35-21-31(22-35)11-15-33(16-12-31)25-17-24(32)18-27(19-25)39-26-9-13-34(14-10-26)28(36)38-20-23-7-5-4-6-8-23/h4-8,17-19,26H,9-16,20-22H2,1-3H3. The van der Waals surface area contributed by atoms with Gasteiger partial charge in [0, 0.05) is 75.3 Å². The van der Waals surface area contributed by atoms with Crippen molar-refractivity contribution in [3.8, 4) is 5.75 Å². The van der Waals surface area contributed by atoms with Crippen LogP contribution in [0.3, 0.4) is 0 Å². The zero-order valence-corrected chi connectivity index (χ0v) is 23.7. The molecule has 2 amide bonds. The van der Waals surface area contributed by atoms with Gasteiger partial charge in [-0.25, -0.2) is 14.0 Å². The summed E-state index contributed by atoms with van der Waals surface area (Å²) in [5.41, 5.74) is 1.40. The van der Waals surface area contributed by atoms with Crippen LogP contribution in [0.5, 0.6) is 5.75 Å². The van der Waals surface area contributed by atoms with Gasteiger partial charge in [-0.1, -0.05) is 30.3 Å². The highest BCUT2D eigenvalue weighted by Crippen LogP contribution is 2.42. The molecule has 0 bridgehead atoms. The Bertz CT molecular complexity index is 1180. The van der Waals surface area contributed by atoms with Crippen LogP contribution >= 0.6 is 0 Å². The van der Waals surface area contributed by atoms with Crippen molar-refractivity contribution in [1.82, 2.24) is 9.80 Å². The molecule has 3 heterocycles. The van der Waals surface area contributed by atoms with E-state index in [1.807, 2.05) is 57.2 Å². The largest absolute Gasteiger partial charge is 0.490 e. The number of carbonyl (C=O) groups is 2. The van der Waals surface area contributed by atoms with Crippen LogP contribution < -0.4 is 9.64 Å². The van der Waals surface area contributed by atoms with Gasteiger partial charge < -0.3 is 28.9 Å². The Kier molecular flexibility index (Phi) is 8.10. The molecule has 3 fully saturated rings. The number of hydrogen-bond donors (Lipinski definition) is 0. The molecule has 0 N–H and O–H groups in total. The Balaban J connectivity index is 1.08. The van der Waals surface area contributed by atoms with E-state index in [2.05, 4.69) is 4.90 Å². The summed E-state index contributed by atoms with van der Waals surface area (Å²) in [5.74, 6) is 0.189. The summed E-state index contributed by atoms with van der Waals surface area (Å²) in [6.45, 7) is 9.99. The number of benzene rings is 2. The first-order chi connectivity index (χ1) is 19.1. The number of piperidine rings is 2. The van der Waals surface area contributed by atoms with E-state index in [1.165, 1.54) is 6.07 Å². The maximum Gasteiger partial charge on any atom is 0.410 e. The lowest BCUT2D eigenvalue weighted by atomic mass is 9.72. The second kappa shape index (κ2) is 11.6. The second-order valence-electron chi connectivity index (χ2n) is 12.3. The van der Waals surface area contributed by atoms with Crippen molar-refractivity contribution in [2.75, 3.05) is 44.2 Å². The smallest absolute Gasteiger partial charge is 0.410 e. The van der Waals surface area contributed by atoms with Crippen molar-refractivity contribution >= 4 is 17.9 Å². The number of halogens is 1. The SMILES string of the molecule is CC(C)(C)OC(=O)N1CC2(CCN(c3cc(F)cc(OC4CCN(C(=O)OCc5ccccc5)CC4)c3)CC2)C1. The van der Waals surface area contributed by atoms with Crippen molar-refractivity contribution < 1.29 is 28.2 Å². The molecular formula is C31H40FN3O5. The van der Waals surface area contributed by atoms with E-state index in [9.17, 15) is 14.0 Å². The van der Waals surface area contributed by atoms with Gasteiger partial charge in [-0.15, -0.1) is 0 Å². The molecule has 0 aliphatic carbocycles. The average Bonchev–Trinajstić information content (AvgIpc) is 2.90. The zero-order valence-electron chi connectivity index (χ0n) is 23.7. The molecule has 0 aromatic heterocycles. The molecule has 0 radical (unpaired) electrons. The van der Waals surface area contributed by atoms with Gasteiger partial charge >= 0.3 is 12.2 Å². The number of anilines is 1. The lowest BCUT2D eigenvalue weighted by Crippen LogP contribution is -2.62. The Morgan fingerprint density at radius 1 is 0.925 bits per heavy atom. The van der Waals surface area contributed by atoms with Gasteiger partial charge in [0.05, 0.1) is 0 Å². The van der Waals surface area contributed by atoms with Crippen molar-refractivity contribution in [2.24, 2.45) is 5.41 Å². The molecule has 0 atom stereocenters. The maximum absolute atomic E-state index is 14.6. The van der Waals surface area contributed by atoms with E-state index in [1.54, 1.807) is 15.9 Å². The minimum Gasteiger partial charge on any atom is -0.490 e. The first kappa shape index (κ1) is 28.1. The molecule has 2 aromatic carbocycles. The van der Waals surface area contributed by atoms with Crippen LogP contribution in [0.15, 0.2) is 48.5 Å². The lowest BCUT2D eigenvalue weighted by Gasteiger charge is -2.54. The van der Waals surface area contributed by atoms with Crippen LogP contribution in [0.1, 0.15) is 52.0 Å². The van der Waals surface area contributed by atoms with E-state index < -0.39 is 5.60 Å². The van der Waals surface area contributed by atoms with Gasteiger partial charge in [0.1, 0.15) is 29.9 Å². The van der Waals surface area contributed by atoms with Crippen LogP contribution in [0.2, 0.25) is 0 Å². The minimum absolute atomic E-state index is 0.0914. The molecule has 5 rings (SSSR count). The predicted molar refractivity (Wildman–Crippen MR) is 150 cm³/mol. The average molecular weight is 554 g/mol. The number of rotatable bonds is 5. The summed E-state index contributed by atoms with van der Waals surface area (Å²) in [7, 11) is 0. The Morgan fingerprint density at radius 2 is 1.60 bits per heavy atom. The number of amides is 2. The van der Waals surface area contributed by atoms with Crippen LogP contribution in [0.25, 0.3) is 0 Å². The normalized spacial score (nSPS) is 19.2. The highest BCUT2D eigenvalue weighted by Gasteiger charge is 2.47. The van der Waals surface area contributed by atoms with E-state index >= 15 is 0 Å². The molecular weight excluding hydrogens is 513 g/mol. The van der Waals surface area contributed by atoms with Gasteiger partial charge in [0.15, 0.2) is 0 Å². The Morgan fingerprint density at radius 3 is 2.25 bits per heavy atom. The number of carbonyl (C=O) groups excluding carboxylic acids is 2. The molecule has 0 unspecified atom stereocenters. The summed E-state index contributed by atoms with van der Waals surface area (Å²) in [5, 5.41) is 0. The topological polar surface area (TPSA) is 71.6 Å². The first-order valence-corrected chi connectivity index (χ1v) is 14.2. The Labute approximate surface area is 236 Å². The van der Waals surface area contributed by atoms with Gasteiger partial charge in [-0.2, -0.15) is 0 Å². The summed E-state index contributed by atoms with van der Waals surface area (Å²) >= 11 is 0. The number of hydrogen-bond acceptors (Lipinski definition) is 6. The summed E-state index contributed by atoms with van der Waals surface area (Å²) in [6, 6.07) is 14.5. The lowest BCUT2D eigenvalue weighted by molar-refractivity contribution is -0.0434. The summed E-state index contributed by atoms with van der Waals surface area (Å²) in [4.78, 5) is 30.5. The van der Waals surface area contributed by atoms with Gasteiger partial charge in [0.25, 0.3) is 0 Å². The fraction of sp³-hybridized carbons (Fsp3) is 0.548. The van der Waals surface area contributed by atoms with Crippen molar-refractivity contribution in [3.05, 3.63) is 59.9 Å². The van der Waals surface area contributed by atoms with Gasteiger partial charge in [-0.3, -0.25) is 0 Å². The third-order valence-electron chi connectivity index (χ3n) is 7.96.